The number of nitrogens with one attached hydrogen (secondary N) is 1. The second-order valence-corrected chi connectivity index (χ2v) is 5.68. The first kappa shape index (κ1) is 17.2. The average molecular weight is 378 g/mol. The van der Waals surface area contributed by atoms with Crippen LogP contribution in [-0.2, 0) is 20.9 Å². The zero-order valence-corrected chi connectivity index (χ0v) is 14.1. The first-order valence-electron chi connectivity index (χ1n) is 6.89. The van der Waals surface area contributed by atoms with Gasteiger partial charge in [0.05, 0.1) is 12.2 Å². The third-order valence-electron chi connectivity index (χ3n) is 2.94. The van der Waals surface area contributed by atoms with Gasteiger partial charge >= 0.3 is 5.97 Å². The molecule has 0 heterocycles. The number of halogens is 1. The van der Waals surface area contributed by atoms with Gasteiger partial charge in [0.1, 0.15) is 0 Å². The molecule has 0 saturated carbocycles. The number of benzene rings is 2. The Balaban J connectivity index is 1.87. The highest BCUT2D eigenvalue weighted by atomic mass is 79.9. The number of ether oxygens (including phenoxy) is 2. The molecule has 0 bridgehead atoms. The first-order valence-corrected chi connectivity index (χ1v) is 7.68. The van der Waals surface area contributed by atoms with Crippen LogP contribution in [0, 0.1) is 0 Å². The minimum absolute atomic E-state index is 0.344. The molecule has 0 unspecified atom stereocenters. The highest BCUT2D eigenvalue weighted by molar-refractivity contribution is 9.10. The molecule has 1 N–H and O–H groups in total. The number of amides is 1. The molecular formula is C17H16BrNO4. The molecule has 0 atom stereocenters. The maximum atomic E-state index is 12.0. The molecule has 2 rings (SSSR count). The van der Waals surface area contributed by atoms with E-state index in [1.165, 1.54) is 0 Å². The van der Waals surface area contributed by atoms with Crippen molar-refractivity contribution in [2.75, 3.05) is 19.0 Å². The minimum atomic E-state index is -0.547. The van der Waals surface area contributed by atoms with Crippen LogP contribution in [-0.4, -0.2) is 25.6 Å². The molecule has 0 aliphatic heterocycles. The summed E-state index contributed by atoms with van der Waals surface area (Å²) in [4.78, 5) is 23.7. The van der Waals surface area contributed by atoms with Crippen LogP contribution in [0.1, 0.15) is 15.9 Å². The Hall–Kier alpha value is -2.18. The van der Waals surface area contributed by atoms with Crippen molar-refractivity contribution >= 4 is 33.5 Å². The monoisotopic (exact) mass is 377 g/mol. The lowest BCUT2D eigenvalue weighted by Gasteiger charge is -2.07. The van der Waals surface area contributed by atoms with E-state index < -0.39 is 11.9 Å². The predicted octanol–water partition coefficient (Wildman–Crippen LogP) is 3.39. The molecule has 0 aliphatic rings. The van der Waals surface area contributed by atoms with E-state index in [2.05, 4.69) is 21.2 Å². The lowest BCUT2D eigenvalue weighted by Crippen LogP contribution is -2.20. The van der Waals surface area contributed by atoms with Crippen LogP contribution < -0.4 is 5.32 Å². The number of esters is 1. The van der Waals surface area contributed by atoms with Crippen molar-refractivity contribution in [3.8, 4) is 0 Å². The molecule has 0 saturated heterocycles. The molecule has 0 fully saturated rings. The van der Waals surface area contributed by atoms with Crippen LogP contribution in [0.4, 0.5) is 5.69 Å². The summed E-state index contributed by atoms with van der Waals surface area (Å²) < 4.78 is 10.9. The van der Waals surface area contributed by atoms with Gasteiger partial charge in [-0.25, -0.2) is 4.79 Å². The van der Waals surface area contributed by atoms with Crippen molar-refractivity contribution in [3.63, 3.8) is 0 Å². The molecule has 2 aromatic carbocycles. The lowest BCUT2D eigenvalue weighted by molar-refractivity contribution is -0.119. The Morgan fingerprint density at radius 1 is 1.13 bits per heavy atom. The number of hydrogen-bond acceptors (Lipinski definition) is 4. The van der Waals surface area contributed by atoms with E-state index in [0.717, 1.165) is 10.0 Å². The fourth-order valence-electron chi connectivity index (χ4n) is 1.90. The summed E-state index contributed by atoms with van der Waals surface area (Å²) in [5.41, 5.74) is 1.88. The van der Waals surface area contributed by atoms with Gasteiger partial charge in [-0.2, -0.15) is 0 Å². The van der Waals surface area contributed by atoms with Gasteiger partial charge in [0.25, 0.3) is 5.91 Å². The van der Waals surface area contributed by atoms with E-state index in [0.29, 0.717) is 17.9 Å². The summed E-state index contributed by atoms with van der Waals surface area (Å²) in [6.45, 7) is 0.0641. The van der Waals surface area contributed by atoms with Crippen molar-refractivity contribution in [2.24, 2.45) is 0 Å². The first-order chi connectivity index (χ1) is 11.1. The standard InChI is InChI=1S/C17H16BrNO4/c1-22-10-12-3-2-4-13(9-12)17(21)23-11-16(20)19-15-7-5-14(18)6-8-15/h2-9H,10-11H2,1H3,(H,19,20). The quantitative estimate of drug-likeness (QED) is 0.783. The SMILES string of the molecule is COCc1cccc(C(=O)OCC(=O)Nc2ccc(Br)cc2)c1. The molecule has 5 nitrogen and oxygen atoms in total. The van der Waals surface area contributed by atoms with Gasteiger partial charge in [0, 0.05) is 17.3 Å². The molecule has 6 heteroatoms. The smallest absolute Gasteiger partial charge is 0.338 e. The van der Waals surface area contributed by atoms with Crippen molar-refractivity contribution in [1.82, 2.24) is 0 Å². The Morgan fingerprint density at radius 3 is 2.57 bits per heavy atom. The molecule has 2 aromatic rings. The number of anilines is 1. The normalized spacial score (nSPS) is 10.2. The summed E-state index contributed by atoms with van der Waals surface area (Å²) in [5, 5.41) is 2.65. The van der Waals surface area contributed by atoms with Crippen LogP contribution in [0.5, 0.6) is 0 Å². The van der Waals surface area contributed by atoms with Gasteiger partial charge in [0.15, 0.2) is 6.61 Å². The lowest BCUT2D eigenvalue weighted by atomic mass is 10.1. The third kappa shape index (κ3) is 5.50. The van der Waals surface area contributed by atoms with Crippen LogP contribution >= 0.6 is 15.9 Å². The summed E-state index contributed by atoms with van der Waals surface area (Å²) in [6, 6.07) is 14.0. The number of methoxy groups -OCH3 is 1. The van der Waals surface area contributed by atoms with Gasteiger partial charge < -0.3 is 14.8 Å². The van der Waals surface area contributed by atoms with Gasteiger partial charge in [-0.3, -0.25) is 4.79 Å². The topological polar surface area (TPSA) is 64.6 Å². The van der Waals surface area contributed by atoms with Crippen molar-refractivity contribution in [2.45, 2.75) is 6.61 Å². The number of hydrogen-bond donors (Lipinski definition) is 1. The van der Waals surface area contributed by atoms with Crippen LogP contribution in [0.3, 0.4) is 0 Å². The van der Waals surface area contributed by atoms with Gasteiger partial charge in [0.2, 0.25) is 0 Å². The second-order valence-electron chi connectivity index (χ2n) is 4.76. The summed E-state index contributed by atoms with van der Waals surface area (Å²) in [6.07, 6.45) is 0. The van der Waals surface area contributed by atoms with E-state index in [-0.39, 0.29) is 6.61 Å². The van der Waals surface area contributed by atoms with Crippen molar-refractivity contribution in [3.05, 3.63) is 64.1 Å². The molecular weight excluding hydrogens is 362 g/mol. The number of rotatable bonds is 6. The molecule has 0 radical (unpaired) electrons. The van der Waals surface area contributed by atoms with Gasteiger partial charge in [-0.1, -0.05) is 28.1 Å². The number of carbonyl (C=O) groups is 2. The van der Waals surface area contributed by atoms with Crippen molar-refractivity contribution < 1.29 is 19.1 Å². The second kappa shape index (κ2) is 8.45. The molecule has 23 heavy (non-hydrogen) atoms. The van der Waals surface area contributed by atoms with Crippen molar-refractivity contribution in [1.29, 1.82) is 0 Å². The summed E-state index contributed by atoms with van der Waals surface area (Å²) in [5.74, 6) is -0.942. The highest BCUT2D eigenvalue weighted by Crippen LogP contribution is 2.14. The predicted molar refractivity (Wildman–Crippen MR) is 90.2 cm³/mol. The van der Waals surface area contributed by atoms with Crippen LogP contribution in [0.2, 0.25) is 0 Å². The Morgan fingerprint density at radius 2 is 1.87 bits per heavy atom. The molecule has 120 valence electrons. The Labute approximate surface area is 142 Å². The zero-order valence-electron chi connectivity index (χ0n) is 12.5. The largest absolute Gasteiger partial charge is 0.452 e. The van der Waals surface area contributed by atoms with Gasteiger partial charge in [-0.15, -0.1) is 0 Å². The van der Waals surface area contributed by atoms with E-state index in [9.17, 15) is 9.59 Å². The summed E-state index contributed by atoms with van der Waals surface area (Å²) >= 11 is 3.31. The zero-order chi connectivity index (χ0) is 16.7. The minimum Gasteiger partial charge on any atom is -0.452 e. The molecule has 1 amide bonds. The maximum absolute atomic E-state index is 12.0. The van der Waals surface area contributed by atoms with Crippen LogP contribution in [0.25, 0.3) is 0 Å². The maximum Gasteiger partial charge on any atom is 0.338 e. The van der Waals surface area contributed by atoms with Gasteiger partial charge in [-0.05, 0) is 42.0 Å². The highest BCUT2D eigenvalue weighted by Gasteiger charge is 2.11. The van der Waals surface area contributed by atoms with E-state index in [1.54, 1.807) is 37.4 Å². The molecule has 0 aliphatic carbocycles. The Bertz CT molecular complexity index is 685. The molecule has 0 spiro atoms. The van der Waals surface area contributed by atoms with E-state index in [4.69, 9.17) is 9.47 Å². The number of carbonyl (C=O) groups excluding carboxylic acids is 2. The van der Waals surface area contributed by atoms with E-state index >= 15 is 0 Å². The van der Waals surface area contributed by atoms with E-state index in [1.807, 2.05) is 18.2 Å². The van der Waals surface area contributed by atoms with Crippen LogP contribution in [0.15, 0.2) is 53.0 Å². The fraction of sp³-hybridized carbons (Fsp3) is 0.176. The average Bonchev–Trinajstić information content (AvgIpc) is 2.55. The fourth-order valence-corrected chi connectivity index (χ4v) is 2.16. The molecule has 0 aromatic heterocycles. The Kier molecular flexibility index (Phi) is 6.31. The summed E-state index contributed by atoms with van der Waals surface area (Å²) in [7, 11) is 1.58. The third-order valence-corrected chi connectivity index (χ3v) is 3.46.